The van der Waals surface area contributed by atoms with Crippen molar-refractivity contribution in [1.29, 1.82) is 0 Å². The van der Waals surface area contributed by atoms with Gasteiger partial charge in [-0.25, -0.2) is 4.79 Å². The minimum absolute atomic E-state index is 0.0138. The predicted molar refractivity (Wildman–Crippen MR) is 69.7 cm³/mol. The molecule has 0 bridgehead atoms. The van der Waals surface area contributed by atoms with E-state index in [1.807, 2.05) is 23.2 Å². The van der Waals surface area contributed by atoms with E-state index in [1.165, 1.54) is 11.6 Å². The highest BCUT2D eigenvalue weighted by Gasteiger charge is 2.20. The molecule has 1 aliphatic heterocycles. The molecule has 15 heavy (non-hydrogen) atoms. The highest BCUT2D eigenvalue weighted by molar-refractivity contribution is 14.1. The molecule has 0 aromatic heterocycles. The topological polar surface area (TPSA) is 26.3 Å². The lowest BCUT2D eigenvalue weighted by atomic mass is 9.98. The largest absolute Gasteiger partial charge is 0.458 e. The molecule has 0 aromatic rings. The first-order chi connectivity index (χ1) is 7.13. The molecule has 0 amide bonds. The number of halogens is 1. The van der Waals surface area contributed by atoms with E-state index in [4.69, 9.17) is 4.74 Å². The van der Waals surface area contributed by atoms with Crippen LogP contribution < -0.4 is 0 Å². The summed E-state index contributed by atoms with van der Waals surface area (Å²) in [5, 5.41) is 0. The van der Waals surface area contributed by atoms with Gasteiger partial charge in [0.05, 0.1) is 0 Å². The molecule has 82 valence electrons. The summed E-state index contributed by atoms with van der Waals surface area (Å²) in [6, 6.07) is 0. The van der Waals surface area contributed by atoms with E-state index in [-0.39, 0.29) is 18.0 Å². The Morgan fingerprint density at radius 1 is 1.73 bits per heavy atom. The number of rotatable bonds is 3. The Bertz CT molecular complexity index is 316. The van der Waals surface area contributed by atoms with Crippen LogP contribution in [0.4, 0.5) is 0 Å². The first-order valence-electron chi connectivity index (χ1n) is 4.96. The molecule has 2 nitrogen and oxygen atoms in total. The summed E-state index contributed by atoms with van der Waals surface area (Å²) in [5.41, 5.74) is 1.20. The number of ether oxygens (including phenoxy) is 1. The zero-order valence-corrected chi connectivity index (χ0v) is 11.1. The maximum Gasteiger partial charge on any atom is 0.330 e. The lowest BCUT2D eigenvalue weighted by Gasteiger charge is -2.23. The molecule has 0 saturated heterocycles. The second-order valence-electron chi connectivity index (χ2n) is 3.68. The van der Waals surface area contributed by atoms with Crippen molar-refractivity contribution >= 4 is 28.6 Å². The summed E-state index contributed by atoms with van der Waals surface area (Å²) < 4.78 is 7.21. The lowest BCUT2D eigenvalue weighted by molar-refractivity contribution is -0.145. The molecule has 0 aliphatic carbocycles. The molecule has 0 spiro atoms. The predicted octanol–water partition coefficient (Wildman–Crippen LogP) is 3.39. The molecule has 1 rings (SSSR count). The van der Waals surface area contributed by atoms with Gasteiger partial charge in [0.2, 0.25) is 0 Å². The van der Waals surface area contributed by atoms with Crippen molar-refractivity contribution < 1.29 is 9.53 Å². The molecule has 0 fully saturated rings. The third-order valence-electron chi connectivity index (χ3n) is 2.33. The minimum atomic E-state index is -0.228. The Morgan fingerprint density at radius 2 is 2.47 bits per heavy atom. The van der Waals surface area contributed by atoms with E-state index in [2.05, 4.69) is 35.6 Å². The van der Waals surface area contributed by atoms with Gasteiger partial charge >= 0.3 is 5.97 Å². The number of allylic oxidation sites excluding steroid dienone is 2. The van der Waals surface area contributed by atoms with Crippen molar-refractivity contribution in [1.82, 2.24) is 0 Å². The summed E-state index contributed by atoms with van der Waals surface area (Å²) in [6.07, 6.45) is 8.34. The minimum Gasteiger partial charge on any atom is -0.458 e. The number of hydrogen-bond donors (Lipinski definition) is 0. The van der Waals surface area contributed by atoms with Gasteiger partial charge < -0.3 is 4.74 Å². The van der Waals surface area contributed by atoms with Crippen LogP contribution in [0.1, 0.15) is 20.3 Å². The number of carbonyl (C=O) groups excluding carboxylic acids is 1. The van der Waals surface area contributed by atoms with Gasteiger partial charge in [0.1, 0.15) is 6.10 Å². The number of esters is 1. The summed E-state index contributed by atoms with van der Waals surface area (Å²) in [5.74, 6) is 0.0279. The van der Waals surface area contributed by atoms with Crippen molar-refractivity contribution in [2.75, 3.05) is 0 Å². The van der Waals surface area contributed by atoms with E-state index >= 15 is 0 Å². The van der Waals surface area contributed by atoms with E-state index in [0.29, 0.717) is 0 Å². The van der Waals surface area contributed by atoms with Gasteiger partial charge in [0, 0.05) is 18.4 Å². The zero-order valence-electron chi connectivity index (χ0n) is 8.94. The number of hydrogen-bond acceptors (Lipinski definition) is 2. The van der Waals surface area contributed by atoms with E-state index in [9.17, 15) is 4.79 Å². The molecule has 0 aromatic carbocycles. The second kappa shape index (κ2) is 6.10. The second-order valence-corrected chi connectivity index (χ2v) is 4.40. The van der Waals surface area contributed by atoms with Gasteiger partial charge in [-0.05, 0) is 11.0 Å². The molecule has 0 N–H and O–H groups in total. The standard InChI is InChI=1S/C12H15IO2/c1-9(6-7-13)8-10(2)11-4-3-5-12(14)15-11/h3,5-8,10-11H,4H2,1-2H3/t10-,11-/m0/s1. The molecule has 0 radical (unpaired) electrons. The lowest BCUT2D eigenvalue weighted by Crippen LogP contribution is -2.25. The molecular formula is C12H15IO2. The summed E-state index contributed by atoms with van der Waals surface area (Å²) in [4.78, 5) is 11.0. The third-order valence-corrected chi connectivity index (χ3v) is 2.69. The maximum absolute atomic E-state index is 11.0. The van der Waals surface area contributed by atoms with Gasteiger partial charge in [-0.2, -0.15) is 0 Å². The molecule has 0 unspecified atom stereocenters. The fourth-order valence-corrected chi connectivity index (χ4v) is 2.10. The highest BCUT2D eigenvalue weighted by atomic mass is 127. The van der Waals surface area contributed by atoms with Crippen LogP contribution in [0.25, 0.3) is 0 Å². The Balaban J connectivity index is 2.61. The smallest absolute Gasteiger partial charge is 0.330 e. The normalized spacial score (nSPS) is 24.3. The zero-order chi connectivity index (χ0) is 11.3. The van der Waals surface area contributed by atoms with Gasteiger partial charge in [0.15, 0.2) is 0 Å². The van der Waals surface area contributed by atoms with Gasteiger partial charge in [0.25, 0.3) is 0 Å². The Hall–Kier alpha value is -0.580. The summed E-state index contributed by atoms with van der Waals surface area (Å²) in [6.45, 7) is 4.12. The van der Waals surface area contributed by atoms with Gasteiger partial charge in [-0.1, -0.05) is 53.3 Å². The number of carbonyl (C=O) groups is 1. The van der Waals surface area contributed by atoms with Crippen LogP contribution in [0.15, 0.2) is 34.0 Å². The molecule has 1 aliphatic rings. The quantitative estimate of drug-likeness (QED) is 0.453. The molecular weight excluding hydrogens is 303 g/mol. The van der Waals surface area contributed by atoms with Crippen molar-refractivity contribution in [3.8, 4) is 0 Å². The average molecular weight is 318 g/mol. The van der Waals surface area contributed by atoms with Crippen LogP contribution in [0.5, 0.6) is 0 Å². The Morgan fingerprint density at radius 3 is 3.07 bits per heavy atom. The Kier molecular flexibility index (Phi) is 5.08. The fourth-order valence-electron chi connectivity index (χ4n) is 1.53. The van der Waals surface area contributed by atoms with Gasteiger partial charge in [-0.15, -0.1) is 0 Å². The third kappa shape index (κ3) is 4.20. The van der Waals surface area contributed by atoms with E-state index < -0.39 is 0 Å². The van der Waals surface area contributed by atoms with Crippen LogP contribution in [0.3, 0.4) is 0 Å². The molecule has 3 heteroatoms. The molecule has 2 atom stereocenters. The van der Waals surface area contributed by atoms with Gasteiger partial charge in [-0.3, -0.25) is 0 Å². The van der Waals surface area contributed by atoms with Crippen LogP contribution >= 0.6 is 22.6 Å². The summed E-state index contributed by atoms with van der Waals surface area (Å²) >= 11 is 2.19. The molecule has 1 heterocycles. The monoisotopic (exact) mass is 318 g/mol. The van der Waals surface area contributed by atoms with Crippen LogP contribution in [-0.4, -0.2) is 12.1 Å². The highest BCUT2D eigenvalue weighted by Crippen LogP contribution is 2.19. The first kappa shape index (κ1) is 12.5. The van der Waals surface area contributed by atoms with Crippen LogP contribution in [-0.2, 0) is 9.53 Å². The SMILES string of the molecule is CC(C=CI)=C[C@H](C)[C@@H]1CC=CC(=O)O1. The van der Waals surface area contributed by atoms with Crippen molar-refractivity contribution in [3.05, 3.63) is 34.0 Å². The van der Waals surface area contributed by atoms with Crippen LogP contribution in [0, 0.1) is 5.92 Å². The first-order valence-corrected chi connectivity index (χ1v) is 6.20. The fraction of sp³-hybridized carbons (Fsp3) is 0.417. The van der Waals surface area contributed by atoms with Crippen molar-refractivity contribution in [2.45, 2.75) is 26.4 Å². The Labute approximate surface area is 104 Å². The van der Waals surface area contributed by atoms with E-state index in [1.54, 1.807) is 0 Å². The van der Waals surface area contributed by atoms with Crippen LogP contribution in [0.2, 0.25) is 0 Å². The average Bonchev–Trinajstić information content (AvgIpc) is 2.18. The van der Waals surface area contributed by atoms with Crippen molar-refractivity contribution in [3.63, 3.8) is 0 Å². The summed E-state index contributed by atoms with van der Waals surface area (Å²) in [7, 11) is 0. The molecule has 0 saturated carbocycles. The van der Waals surface area contributed by atoms with E-state index in [0.717, 1.165) is 6.42 Å². The van der Waals surface area contributed by atoms with Crippen molar-refractivity contribution in [2.24, 2.45) is 5.92 Å². The maximum atomic E-state index is 11.0. The number of cyclic esters (lactones) is 1.